The average molecular weight is 289 g/mol. The van der Waals surface area contributed by atoms with Crippen molar-refractivity contribution in [3.05, 3.63) is 22.8 Å². The topological polar surface area (TPSA) is 64.1 Å². The maximum atomic E-state index is 12.0. The summed E-state index contributed by atoms with van der Waals surface area (Å²) in [6, 6.07) is 0. The second kappa shape index (κ2) is 6.10. The molecule has 5 heteroatoms. The third-order valence-electron chi connectivity index (χ3n) is 4.81. The summed E-state index contributed by atoms with van der Waals surface area (Å²) in [4.78, 5) is 21.3. The second-order valence-corrected chi connectivity index (χ2v) is 6.09. The number of hydrogen-bond acceptors (Lipinski definition) is 5. The highest BCUT2D eigenvalue weighted by Crippen LogP contribution is 2.36. The van der Waals surface area contributed by atoms with Crippen LogP contribution >= 0.6 is 0 Å². The maximum absolute atomic E-state index is 12.0. The van der Waals surface area contributed by atoms with Crippen LogP contribution in [0.2, 0.25) is 0 Å². The lowest BCUT2D eigenvalue weighted by Gasteiger charge is -2.27. The van der Waals surface area contributed by atoms with Gasteiger partial charge in [0.15, 0.2) is 5.69 Å². The summed E-state index contributed by atoms with van der Waals surface area (Å²) >= 11 is 0. The molecule has 3 rings (SSSR count). The molecule has 0 amide bonds. The van der Waals surface area contributed by atoms with Gasteiger partial charge in [-0.05, 0) is 18.8 Å². The SMILES string of the molecule is CCC1CCCC(c2nc3c(c(C(=O)OC)n2)CNC3)C1. The molecular weight excluding hydrogens is 266 g/mol. The van der Waals surface area contributed by atoms with Crippen molar-refractivity contribution in [3.8, 4) is 0 Å². The summed E-state index contributed by atoms with van der Waals surface area (Å²) in [5, 5.41) is 3.25. The maximum Gasteiger partial charge on any atom is 0.357 e. The molecule has 114 valence electrons. The summed E-state index contributed by atoms with van der Waals surface area (Å²) < 4.78 is 4.89. The number of ether oxygens (including phenoxy) is 1. The Labute approximate surface area is 125 Å². The molecule has 1 aromatic rings. The number of nitrogens with one attached hydrogen (secondary N) is 1. The molecule has 0 bridgehead atoms. The molecule has 1 aromatic heterocycles. The molecule has 1 fully saturated rings. The van der Waals surface area contributed by atoms with Crippen LogP contribution in [0.3, 0.4) is 0 Å². The number of rotatable bonds is 3. The normalized spacial score (nSPS) is 24.7. The van der Waals surface area contributed by atoms with E-state index < -0.39 is 0 Å². The minimum absolute atomic E-state index is 0.346. The number of methoxy groups -OCH3 is 1. The van der Waals surface area contributed by atoms with Gasteiger partial charge in [0.25, 0.3) is 0 Å². The number of aromatic nitrogens is 2. The molecule has 1 saturated carbocycles. The highest BCUT2D eigenvalue weighted by atomic mass is 16.5. The minimum Gasteiger partial charge on any atom is -0.464 e. The van der Waals surface area contributed by atoms with Crippen molar-refractivity contribution in [1.29, 1.82) is 0 Å². The molecular formula is C16H23N3O2. The van der Waals surface area contributed by atoms with Gasteiger partial charge in [-0.3, -0.25) is 0 Å². The molecule has 2 heterocycles. The number of esters is 1. The van der Waals surface area contributed by atoms with Gasteiger partial charge in [0.05, 0.1) is 12.8 Å². The molecule has 0 radical (unpaired) electrons. The van der Waals surface area contributed by atoms with Crippen LogP contribution in [0.1, 0.15) is 72.5 Å². The van der Waals surface area contributed by atoms with E-state index in [9.17, 15) is 4.79 Å². The van der Waals surface area contributed by atoms with E-state index >= 15 is 0 Å². The van der Waals surface area contributed by atoms with Gasteiger partial charge in [0, 0.05) is 24.6 Å². The lowest BCUT2D eigenvalue weighted by Crippen LogP contribution is -2.19. The Kier molecular flexibility index (Phi) is 4.19. The van der Waals surface area contributed by atoms with Crippen molar-refractivity contribution >= 4 is 5.97 Å². The van der Waals surface area contributed by atoms with E-state index in [2.05, 4.69) is 17.2 Å². The first kappa shape index (κ1) is 14.4. The van der Waals surface area contributed by atoms with Crippen molar-refractivity contribution in [2.24, 2.45) is 5.92 Å². The molecule has 0 saturated heterocycles. The van der Waals surface area contributed by atoms with E-state index in [-0.39, 0.29) is 5.97 Å². The van der Waals surface area contributed by atoms with Crippen LogP contribution in [0.5, 0.6) is 0 Å². The zero-order chi connectivity index (χ0) is 14.8. The number of carbonyl (C=O) groups excluding carboxylic acids is 1. The van der Waals surface area contributed by atoms with E-state index in [0.29, 0.717) is 18.2 Å². The fourth-order valence-corrected chi connectivity index (χ4v) is 3.53. The average Bonchev–Trinajstić information content (AvgIpc) is 3.01. The Bertz CT molecular complexity index is 545. The van der Waals surface area contributed by atoms with E-state index in [1.165, 1.54) is 26.4 Å². The van der Waals surface area contributed by atoms with Crippen molar-refractivity contribution < 1.29 is 9.53 Å². The zero-order valence-corrected chi connectivity index (χ0v) is 12.8. The fourth-order valence-electron chi connectivity index (χ4n) is 3.53. The number of hydrogen-bond donors (Lipinski definition) is 1. The third-order valence-corrected chi connectivity index (χ3v) is 4.81. The molecule has 2 atom stereocenters. The molecule has 2 aliphatic rings. The largest absolute Gasteiger partial charge is 0.464 e. The van der Waals surface area contributed by atoms with Crippen molar-refractivity contribution in [3.63, 3.8) is 0 Å². The lowest BCUT2D eigenvalue weighted by atomic mass is 9.80. The van der Waals surface area contributed by atoms with Crippen LogP contribution in [0.25, 0.3) is 0 Å². The van der Waals surface area contributed by atoms with Crippen LogP contribution in [-0.2, 0) is 17.8 Å². The predicted octanol–water partition coefficient (Wildman–Crippen LogP) is 2.55. The Balaban J connectivity index is 1.94. The molecule has 1 aliphatic heterocycles. The smallest absolute Gasteiger partial charge is 0.357 e. The Morgan fingerprint density at radius 3 is 2.95 bits per heavy atom. The van der Waals surface area contributed by atoms with E-state index in [1.54, 1.807) is 0 Å². The lowest BCUT2D eigenvalue weighted by molar-refractivity contribution is 0.0591. The first-order valence-electron chi connectivity index (χ1n) is 7.91. The molecule has 5 nitrogen and oxygen atoms in total. The van der Waals surface area contributed by atoms with Gasteiger partial charge in [0.1, 0.15) is 5.82 Å². The van der Waals surface area contributed by atoms with Gasteiger partial charge >= 0.3 is 5.97 Å². The molecule has 1 N–H and O–H groups in total. The molecule has 21 heavy (non-hydrogen) atoms. The molecule has 1 aliphatic carbocycles. The second-order valence-electron chi connectivity index (χ2n) is 6.09. The van der Waals surface area contributed by atoms with Gasteiger partial charge in [-0.2, -0.15) is 0 Å². The summed E-state index contributed by atoms with van der Waals surface area (Å²) in [5.74, 6) is 1.65. The van der Waals surface area contributed by atoms with Gasteiger partial charge < -0.3 is 10.1 Å². The fraction of sp³-hybridized carbons (Fsp3) is 0.688. The van der Waals surface area contributed by atoms with Gasteiger partial charge in [-0.15, -0.1) is 0 Å². The predicted molar refractivity (Wildman–Crippen MR) is 78.9 cm³/mol. The summed E-state index contributed by atoms with van der Waals surface area (Å²) in [7, 11) is 1.41. The standard InChI is InChI=1S/C16H23N3O2/c1-3-10-5-4-6-11(7-10)15-18-13-9-17-8-12(13)14(19-15)16(20)21-2/h10-11,17H,3-9H2,1-2H3. The third kappa shape index (κ3) is 2.79. The van der Waals surface area contributed by atoms with Crippen LogP contribution in [0.4, 0.5) is 0 Å². The van der Waals surface area contributed by atoms with Crippen molar-refractivity contribution in [2.75, 3.05) is 7.11 Å². The van der Waals surface area contributed by atoms with Crippen molar-refractivity contribution in [1.82, 2.24) is 15.3 Å². The van der Waals surface area contributed by atoms with E-state index in [4.69, 9.17) is 9.72 Å². The Morgan fingerprint density at radius 1 is 1.33 bits per heavy atom. The number of fused-ring (bicyclic) bond motifs is 1. The highest BCUT2D eigenvalue weighted by molar-refractivity contribution is 5.89. The van der Waals surface area contributed by atoms with Gasteiger partial charge in [0.2, 0.25) is 0 Å². The quantitative estimate of drug-likeness (QED) is 0.866. The molecule has 2 unspecified atom stereocenters. The first-order chi connectivity index (χ1) is 10.2. The molecule has 0 aromatic carbocycles. The Hall–Kier alpha value is -1.49. The monoisotopic (exact) mass is 289 g/mol. The van der Waals surface area contributed by atoms with Crippen LogP contribution in [0, 0.1) is 5.92 Å². The van der Waals surface area contributed by atoms with E-state index in [1.807, 2.05) is 0 Å². The molecule has 0 spiro atoms. The van der Waals surface area contributed by atoms with Gasteiger partial charge in [-0.1, -0.05) is 26.2 Å². The highest BCUT2D eigenvalue weighted by Gasteiger charge is 2.29. The number of carbonyl (C=O) groups is 1. The summed E-state index contributed by atoms with van der Waals surface area (Å²) in [5.41, 5.74) is 2.34. The van der Waals surface area contributed by atoms with Crippen LogP contribution in [0.15, 0.2) is 0 Å². The number of nitrogens with zero attached hydrogens (tertiary/aromatic N) is 2. The van der Waals surface area contributed by atoms with E-state index in [0.717, 1.165) is 42.4 Å². The zero-order valence-electron chi connectivity index (χ0n) is 12.8. The minimum atomic E-state index is -0.346. The first-order valence-corrected chi connectivity index (χ1v) is 7.91. The Morgan fingerprint density at radius 2 is 2.19 bits per heavy atom. The summed E-state index contributed by atoms with van der Waals surface area (Å²) in [6.07, 6.45) is 6.03. The van der Waals surface area contributed by atoms with Gasteiger partial charge in [-0.25, -0.2) is 14.8 Å². The van der Waals surface area contributed by atoms with Crippen molar-refractivity contribution in [2.45, 2.75) is 58.0 Å². The van der Waals surface area contributed by atoms with Crippen LogP contribution < -0.4 is 5.32 Å². The summed E-state index contributed by atoms with van der Waals surface area (Å²) in [6.45, 7) is 3.63. The van der Waals surface area contributed by atoms with Crippen LogP contribution in [-0.4, -0.2) is 23.0 Å².